The molecule has 0 N–H and O–H groups in total. The summed E-state index contributed by atoms with van der Waals surface area (Å²) in [5.74, 6) is -2.65. The number of alkyl halides is 5. The minimum absolute atomic E-state index is 0.131. The van der Waals surface area contributed by atoms with Gasteiger partial charge in [-0.1, -0.05) is 18.2 Å². The average molecular weight is 356 g/mol. The van der Waals surface area contributed by atoms with Crippen molar-refractivity contribution in [3.8, 4) is 5.75 Å². The van der Waals surface area contributed by atoms with Crippen molar-refractivity contribution in [1.82, 2.24) is 0 Å². The van der Waals surface area contributed by atoms with Crippen molar-refractivity contribution in [2.24, 2.45) is 0 Å². The predicted molar refractivity (Wildman–Crippen MR) is 83.3 cm³/mol. The Hall–Kier alpha value is -0.980. The van der Waals surface area contributed by atoms with E-state index >= 15 is 0 Å². The van der Waals surface area contributed by atoms with Crippen LogP contribution in [0.2, 0.25) is 0 Å². The van der Waals surface area contributed by atoms with Gasteiger partial charge >= 0.3 is 12.1 Å². The molecule has 132 valence electrons. The number of rotatable bonds is 11. The van der Waals surface area contributed by atoms with Crippen LogP contribution in [0.3, 0.4) is 0 Å². The van der Waals surface area contributed by atoms with Crippen molar-refractivity contribution in [2.75, 3.05) is 18.1 Å². The molecule has 0 aliphatic heterocycles. The molecule has 0 atom stereocenters. The van der Waals surface area contributed by atoms with Crippen LogP contribution < -0.4 is 4.74 Å². The lowest BCUT2D eigenvalue weighted by Gasteiger charge is -2.19. The van der Waals surface area contributed by atoms with Gasteiger partial charge in [0, 0.05) is 6.42 Å². The van der Waals surface area contributed by atoms with Crippen LogP contribution in [0.1, 0.15) is 32.1 Å². The number of halogens is 5. The van der Waals surface area contributed by atoms with E-state index in [-0.39, 0.29) is 6.42 Å². The molecule has 0 unspecified atom stereocenters. The Balaban J connectivity index is 1.92. The maximum Gasteiger partial charge on any atom is 0.453 e. The van der Waals surface area contributed by atoms with E-state index in [0.717, 1.165) is 30.8 Å². The maximum atomic E-state index is 12.6. The van der Waals surface area contributed by atoms with Crippen molar-refractivity contribution in [1.29, 1.82) is 0 Å². The Morgan fingerprint density at radius 2 is 1.48 bits per heavy atom. The number of para-hydroxylation sites is 1. The van der Waals surface area contributed by atoms with Crippen LogP contribution >= 0.6 is 11.8 Å². The summed E-state index contributed by atoms with van der Waals surface area (Å²) in [7, 11) is 0. The van der Waals surface area contributed by atoms with Gasteiger partial charge in [0.2, 0.25) is 0 Å². The largest absolute Gasteiger partial charge is 0.494 e. The normalized spacial score (nSPS) is 12.4. The molecule has 0 saturated heterocycles. The van der Waals surface area contributed by atoms with E-state index < -0.39 is 18.5 Å². The molecule has 0 amide bonds. The number of unbranched alkanes of at least 4 members (excludes halogenated alkanes) is 2. The third-order valence-electron chi connectivity index (χ3n) is 3.14. The zero-order valence-corrected chi connectivity index (χ0v) is 13.6. The average Bonchev–Trinajstić information content (AvgIpc) is 2.49. The minimum atomic E-state index is -5.43. The Morgan fingerprint density at radius 1 is 0.826 bits per heavy atom. The van der Waals surface area contributed by atoms with Gasteiger partial charge in [0.25, 0.3) is 0 Å². The molecule has 0 spiro atoms. The van der Waals surface area contributed by atoms with Crippen LogP contribution in [0.25, 0.3) is 0 Å². The molecule has 0 saturated carbocycles. The van der Waals surface area contributed by atoms with Gasteiger partial charge < -0.3 is 4.74 Å². The summed E-state index contributed by atoms with van der Waals surface area (Å²) in [5.41, 5.74) is 0. The first-order valence-electron chi connectivity index (χ1n) is 7.53. The molecule has 7 heteroatoms. The quantitative estimate of drug-likeness (QED) is 0.358. The van der Waals surface area contributed by atoms with E-state index in [1.165, 1.54) is 11.8 Å². The Labute approximate surface area is 137 Å². The zero-order valence-electron chi connectivity index (χ0n) is 12.7. The van der Waals surface area contributed by atoms with Crippen molar-refractivity contribution in [2.45, 2.75) is 44.2 Å². The first-order chi connectivity index (χ1) is 10.8. The van der Waals surface area contributed by atoms with Crippen LogP contribution in [0, 0.1) is 0 Å². The molecule has 0 aromatic heterocycles. The highest BCUT2D eigenvalue weighted by atomic mass is 32.2. The fourth-order valence-electron chi connectivity index (χ4n) is 1.83. The molecule has 1 rings (SSSR count). The fourth-order valence-corrected chi connectivity index (χ4v) is 2.79. The topological polar surface area (TPSA) is 9.23 Å². The molecule has 23 heavy (non-hydrogen) atoms. The van der Waals surface area contributed by atoms with Gasteiger partial charge in [-0.2, -0.15) is 33.7 Å². The van der Waals surface area contributed by atoms with E-state index in [1.54, 1.807) is 0 Å². The Morgan fingerprint density at radius 3 is 2.13 bits per heavy atom. The molecular weight excluding hydrogens is 335 g/mol. The van der Waals surface area contributed by atoms with Crippen molar-refractivity contribution in [3.05, 3.63) is 30.3 Å². The van der Waals surface area contributed by atoms with Crippen LogP contribution in [0.15, 0.2) is 30.3 Å². The molecule has 1 aromatic rings. The summed E-state index contributed by atoms with van der Waals surface area (Å²) in [6.07, 6.45) is -3.96. The van der Waals surface area contributed by atoms with Crippen LogP contribution in [0.4, 0.5) is 22.0 Å². The summed E-state index contributed by atoms with van der Waals surface area (Å²) in [5, 5.41) is 0. The molecule has 0 bridgehead atoms. The molecule has 0 radical (unpaired) electrons. The second-order valence-corrected chi connectivity index (χ2v) is 6.37. The van der Waals surface area contributed by atoms with Crippen LogP contribution in [-0.2, 0) is 0 Å². The smallest absolute Gasteiger partial charge is 0.453 e. The van der Waals surface area contributed by atoms with E-state index in [9.17, 15) is 22.0 Å². The number of ether oxygens (including phenoxy) is 1. The molecule has 0 aliphatic carbocycles. The van der Waals surface area contributed by atoms with E-state index in [4.69, 9.17) is 4.74 Å². The summed E-state index contributed by atoms with van der Waals surface area (Å²) in [6, 6.07) is 9.47. The van der Waals surface area contributed by atoms with Gasteiger partial charge in [-0.25, -0.2) is 0 Å². The lowest BCUT2D eigenvalue weighted by Crippen LogP contribution is -2.36. The number of hydrogen-bond acceptors (Lipinski definition) is 2. The van der Waals surface area contributed by atoms with Crippen LogP contribution in [0.5, 0.6) is 5.75 Å². The van der Waals surface area contributed by atoms with Crippen LogP contribution in [-0.4, -0.2) is 30.2 Å². The number of hydrogen-bond donors (Lipinski definition) is 0. The lowest BCUT2D eigenvalue weighted by atomic mass is 10.2. The number of benzene rings is 1. The minimum Gasteiger partial charge on any atom is -0.494 e. The van der Waals surface area contributed by atoms with Gasteiger partial charge in [-0.15, -0.1) is 0 Å². The summed E-state index contributed by atoms with van der Waals surface area (Å²) in [4.78, 5) is 0. The summed E-state index contributed by atoms with van der Waals surface area (Å²) >= 11 is 1.42. The molecule has 1 nitrogen and oxygen atoms in total. The monoisotopic (exact) mass is 356 g/mol. The second-order valence-electron chi connectivity index (χ2n) is 5.14. The van der Waals surface area contributed by atoms with E-state index in [1.807, 2.05) is 30.3 Å². The second kappa shape index (κ2) is 10.0. The third kappa shape index (κ3) is 8.44. The van der Waals surface area contributed by atoms with Gasteiger partial charge in [-0.3, -0.25) is 0 Å². The van der Waals surface area contributed by atoms with E-state index in [2.05, 4.69) is 0 Å². The highest BCUT2D eigenvalue weighted by Gasteiger charge is 2.56. The fraction of sp³-hybridized carbons (Fsp3) is 0.625. The van der Waals surface area contributed by atoms with Crippen molar-refractivity contribution < 1.29 is 26.7 Å². The lowest BCUT2D eigenvalue weighted by molar-refractivity contribution is -0.284. The highest BCUT2D eigenvalue weighted by Crippen LogP contribution is 2.39. The third-order valence-corrected chi connectivity index (χ3v) is 4.29. The van der Waals surface area contributed by atoms with Crippen molar-refractivity contribution in [3.63, 3.8) is 0 Å². The van der Waals surface area contributed by atoms with Gasteiger partial charge in [-0.05, 0) is 49.3 Å². The van der Waals surface area contributed by atoms with Gasteiger partial charge in [0.05, 0.1) is 6.61 Å². The van der Waals surface area contributed by atoms with Gasteiger partial charge in [0.1, 0.15) is 5.75 Å². The highest BCUT2D eigenvalue weighted by molar-refractivity contribution is 7.99. The standard InChI is InChI=1S/C16H21F5OS/c17-15(18,16(19,20)21)10-7-13-23-12-6-2-5-11-22-14-8-3-1-4-9-14/h1,3-4,8-9H,2,5-7,10-13H2. The number of thioether (sulfide) groups is 1. The maximum absolute atomic E-state index is 12.6. The predicted octanol–water partition coefficient (Wildman–Crippen LogP) is 5.95. The molecular formula is C16H21F5OS. The SMILES string of the molecule is FC(F)(F)C(F)(F)CCCSCCCCCOc1ccccc1. The molecule has 0 aliphatic rings. The summed E-state index contributed by atoms with van der Waals surface area (Å²) < 4.78 is 66.6. The van der Waals surface area contributed by atoms with Gasteiger partial charge in [0.15, 0.2) is 0 Å². The summed E-state index contributed by atoms with van der Waals surface area (Å²) in [6.45, 7) is 0.618. The van der Waals surface area contributed by atoms with Crippen molar-refractivity contribution >= 4 is 11.8 Å². The Bertz CT molecular complexity index is 422. The first-order valence-corrected chi connectivity index (χ1v) is 8.68. The molecule has 0 heterocycles. The molecule has 1 aromatic carbocycles. The zero-order chi connectivity index (χ0) is 17.2. The first kappa shape index (κ1) is 20.1. The molecule has 0 fully saturated rings. The van der Waals surface area contributed by atoms with E-state index in [0.29, 0.717) is 12.4 Å². The Kier molecular flexibility index (Phi) is 8.73.